The van der Waals surface area contributed by atoms with Crippen molar-refractivity contribution in [2.45, 2.75) is 13.8 Å². The van der Waals surface area contributed by atoms with Gasteiger partial charge in [-0.05, 0) is 42.5 Å². The van der Waals surface area contributed by atoms with E-state index in [1.54, 1.807) is 0 Å². The monoisotopic (exact) mass is 275 g/mol. The molecule has 3 heteroatoms. The zero-order valence-electron chi connectivity index (χ0n) is 12.4. The van der Waals surface area contributed by atoms with Crippen LogP contribution < -0.4 is 5.43 Å². The second kappa shape index (κ2) is 4.22. The minimum Gasteiger partial charge on any atom is -0.328 e. The summed E-state index contributed by atoms with van der Waals surface area (Å²) >= 11 is 0. The van der Waals surface area contributed by atoms with Gasteiger partial charge in [0.2, 0.25) is 0 Å². The van der Waals surface area contributed by atoms with Crippen LogP contribution in [0.5, 0.6) is 0 Å². The zero-order valence-corrected chi connectivity index (χ0v) is 12.4. The number of rotatable bonds is 1. The van der Waals surface area contributed by atoms with Crippen molar-refractivity contribution in [1.29, 1.82) is 0 Å². The van der Waals surface area contributed by atoms with E-state index in [-0.39, 0.29) is 0 Å². The van der Waals surface area contributed by atoms with Crippen LogP contribution in [0.1, 0.15) is 11.1 Å². The molecule has 0 radical (unpaired) electrons. The molecule has 0 bridgehead atoms. The fourth-order valence-electron chi connectivity index (χ4n) is 3.49. The third kappa shape index (κ3) is 1.46. The third-order valence-corrected chi connectivity index (χ3v) is 4.46. The predicted octanol–water partition coefficient (Wildman–Crippen LogP) is 4.13. The van der Waals surface area contributed by atoms with Gasteiger partial charge >= 0.3 is 0 Å². The van der Waals surface area contributed by atoms with Crippen LogP contribution in [0.2, 0.25) is 0 Å². The smallest absolute Gasteiger partial charge is 0.0744 e. The van der Waals surface area contributed by atoms with Gasteiger partial charge in [0.15, 0.2) is 0 Å². The van der Waals surface area contributed by atoms with Gasteiger partial charge in [0, 0.05) is 35.6 Å². The maximum absolute atomic E-state index is 4.31. The number of hydrogen-bond donors (Lipinski definition) is 1. The van der Waals surface area contributed by atoms with Crippen LogP contribution in [-0.4, -0.2) is 16.7 Å². The lowest BCUT2D eigenvalue weighted by Gasteiger charge is -2.12. The van der Waals surface area contributed by atoms with Gasteiger partial charge in [-0.2, -0.15) is 0 Å². The highest BCUT2D eigenvalue weighted by atomic mass is 15.4. The Balaban J connectivity index is 2.41. The van der Waals surface area contributed by atoms with Crippen molar-refractivity contribution >= 4 is 32.6 Å². The van der Waals surface area contributed by atoms with E-state index in [1.807, 2.05) is 19.4 Å². The fourth-order valence-corrected chi connectivity index (χ4v) is 3.49. The molecule has 2 aromatic heterocycles. The van der Waals surface area contributed by atoms with Gasteiger partial charge in [-0.15, -0.1) is 0 Å². The van der Waals surface area contributed by atoms with Crippen molar-refractivity contribution in [3.63, 3.8) is 0 Å². The van der Waals surface area contributed by atoms with Crippen LogP contribution in [0, 0.1) is 13.8 Å². The van der Waals surface area contributed by atoms with Gasteiger partial charge in [-0.25, -0.2) is 0 Å². The van der Waals surface area contributed by atoms with Crippen molar-refractivity contribution in [3.8, 4) is 0 Å². The van der Waals surface area contributed by atoms with Gasteiger partial charge in [0.1, 0.15) is 0 Å². The Hall–Kier alpha value is -2.55. The van der Waals surface area contributed by atoms with E-state index < -0.39 is 0 Å². The molecule has 0 aliphatic heterocycles. The molecule has 104 valence electrons. The van der Waals surface area contributed by atoms with E-state index in [4.69, 9.17) is 0 Å². The van der Waals surface area contributed by atoms with Crippen LogP contribution in [0.4, 0.5) is 0 Å². The van der Waals surface area contributed by atoms with E-state index in [0.717, 1.165) is 0 Å². The lowest BCUT2D eigenvalue weighted by Crippen LogP contribution is -2.08. The standard InChI is InChI=1S/C18H17N3/c1-11-15-10-20-9-8-13(15)12(2)18-17(11)14-6-4-5-7-16(14)21(18)19-3/h4-10,19H,1-3H3. The third-order valence-electron chi connectivity index (χ3n) is 4.46. The largest absolute Gasteiger partial charge is 0.328 e. The van der Waals surface area contributed by atoms with E-state index in [2.05, 4.69) is 59.3 Å². The molecule has 0 fully saturated rings. The van der Waals surface area contributed by atoms with E-state index in [9.17, 15) is 0 Å². The molecule has 4 aromatic rings. The molecule has 0 spiro atoms. The first-order valence-electron chi connectivity index (χ1n) is 7.18. The van der Waals surface area contributed by atoms with Crippen molar-refractivity contribution in [3.05, 3.63) is 53.9 Å². The Labute approximate surface area is 123 Å². The number of hydrogen-bond acceptors (Lipinski definition) is 2. The number of para-hydroxylation sites is 1. The van der Waals surface area contributed by atoms with Crippen LogP contribution in [-0.2, 0) is 0 Å². The van der Waals surface area contributed by atoms with E-state index in [0.29, 0.717) is 0 Å². The summed E-state index contributed by atoms with van der Waals surface area (Å²) in [5.74, 6) is 0. The zero-order chi connectivity index (χ0) is 14.6. The molecule has 0 amide bonds. The second-order valence-corrected chi connectivity index (χ2v) is 5.47. The predicted molar refractivity (Wildman–Crippen MR) is 89.5 cm³/mol. The number of fused-ring (bicyclic) bond motifs is 4. The maximum Gasteiger partial charge on any atom is 0.0744 e. The summed E-state index contributed by atoms with van der Waals surface area (Å²) in [6.45, 7) is 4.38. The Morgan fingerprint density at radius 3 is 2.57 bits per heavy atom. The summed E-state index contributed by atoms with van der Waals surface area (Å²) < 4.78 is 2.19. The summed E-state index contributed by atoms with van der Waals surface area (Å²) in [6.07, 6.45) is 3.84. The summed E-state index contributed by atoms with van der Waals surface area (Å²) in [5, 5.41) is 5.11. The molecule has 0 atom stereocenters. The number of benzene rings is 2. The average Bonchev–Trinajstić information content (AvgIpc) is 2.87. The first-order valence-corrected chi connectivity index (χ1v) is 7.18. The molecule has 0 saturated carbocycles. The first-order chi connectivity index (χ1) is 10.2. The quantitative estimate of drug-likeness (QED) is 0.566. The summed E-state index contributed by atoms with van der Waals surface area (Å²) in [7, 11) is 1.97. The molecule has 2 heterocycles. The molecule has 3 nitrogen and oxygen atoms in total. The van der Waals surface area contributed by atoms with Crippen molar-refractivity contribution in [1.82, 2.24) is 9.66 Å². The van der Waals surface area contributed by atoms with Crippen LogP contribution in [0.25, 0.3) is 32.6 Å². The number of aryl methyl sites for hydroxylation is 2. The van der Waals surface area contributed by atoms with E-state index in [1.165, 1.54) is 43.7 Å². The molecular formula is C18H17N3. The number of nitrogens with zero attached hydrogens (tertiary/aromatic N) is 2. The number of pyridine rings is 1. The highest BCUT2D eigenvalue weighted by Gasteiger charge is 2.17. The Kier molecular flexibility index (Phi) is 2.45. The minimum absolute atomic E-state index is 1.21. The van der Waals surface area contributed by atoms with Crippen LogP contribution in [0.3, 0.4) is 0 Å². The van der Waals surface area contributed by atoms with Crippen molar-refractivity contribution in [2.75, 3.05) is 12.5 Å². The van der Waals surface area contributed by atoms with Gasteiger partial charge < -0.3 is 5.43 Å². The van der Waals surface area contributed by atoms with Gasteiger partial charge in [-0.1, -0.05) is 18.2 Å². The van der Waals surface area contributed by atoms with Gasteiger partial charge in [0.25, 0.3) is 0 Å². The molecular weight excluding hydrogens is 258 g/mol. The highest BCUT2D eigenvalue weighted by Crippen LogP contribution is 2.37. The SMILES string of the molecule is CNn1c2ccccc2c2c(C)c3cnccc3c(C)c21. The first kappa shape index (κ1) is 12.2. The maximum atomic E-state index is 4.31. The lowest BCUT2D eigenvalue weighted by molar-refractivity contribution is 1.01. The molecule has 2 aromatic carbocycles. The molecule has 0 unspecified atom stereocenters. The average molecular weight is 275 g/mol. The van der Waals surface area contributed by atoms with Gasteiger partial charge in [0.05, 0.1) is 11.0 Å². The molecule has 0 aliphatic carbocycles. The normalized spacial score (nSPS) is 11.6. The number of nitrogens with one attached hydrogen (secondary N) is 1. The summed E-state index contributed by atoms with van der Waals surface area (Å²) in [4.78, 5) is 4.31. The van der Waals surface area contributed by atoms with Crippen LogP contribution in [0.15, 0.2) is 42.7 Å². The topological polar surface area (TPSA) is 29.9 Å². The number of aromatic nitrogens is 2. The summed E-state index contributed by atoms with van der Waals surface area (Å²) in [5.41, 5.74) is 8.38. The highest BCUT2D eigenvalue weighted by molar-refractivity contribution is 6.16. The lowest BCUT2D eigenvalue weighted by atomic mass is 9.97. The van der Waals surface area contributed by atoms with Crippen molar-refractivity contribution < 1.29 is 0 Å². The molecule has 0 aliphatic rings. The Morgan fingerprint density at radius 1 is 0.952 bits per heavy atom. The van der Waals surface area contributed by atoms with Crippen molar-refractivity contribution in [2.24, 2.45) is 0 Å². The van der Waals surface area contributed by atoms with Crippen LogP contribution >= 0.6 is 0 Å². The molecule has 1 N–H and O–H groups in total. The fraction of sp³-hybridized carbons (Fsp3) is 0.167. The minimum atomic E-state index is 1.21. The van der Waals surface area contributed by atoms with Gasteiger partial charge in [-0.3, -0.25) is 9.66 Å². The Morgan fingerprint density at radius 2 is 1.76 bits per heavy atom. The second-order valence-electron chi connectivity index (χ2n) is 5.47. The molecule has 21 heavy (non-hydrogen) atoms. The molecule has 4 rings (SSSR count). The van der Waals surface area contributed by atoms with E-state index >= 15 is 0 Å². The molecule has 0 saturated heterocycles. The Bertz CT molecular complexity index is 996. The summed E-state index contributed by atoms with van der Waals surface area (Å²) in [6, 6.07) is 10.6.